The van der Waals surface area contributed by atoms with Crippen LogP contribution in [0.4, 0.5) is 0 Å². The summed E-state index contributed by atoms with van der Waals surface area (Å²) >= 11 is 0. The first-order valence-corrected chi connectivity index (χ1v) is 13.1. The number of hydrogen-bond acceptors (Lipinski definition) is 6. The molecule has 0 aromatic heterocycles. The van der Waals surface area contributed by atoms with E-state index >= 15 is 0 Å². The highest BCUT2D eigenvalue weighted by atomic mass is 32.2. The van der Waals surface area contributed by atoms with Crippen LogP contribution in [0.2, 0.25) is 0 Å². The Morgan fingerprint density at radius 3 is 2.58 bits per heavy atom. The van der Waals surface area contributed by atoms with Gasteiger partial charge in [-0.1, -0.05) is 18.2 Å². The maximum Gasteiger partial charge on any atom is 0.214 e. The molecule has 0 unspecified atom stereocenters. The summed E-state index contributed by atoms with van der Waals surface area (Å²) in [6.07, 6.45) is 8.34. The van der Waals surface area contributed by atoms with Crippen molar-refractivity contribution in [1.82, 2.24) is 10.0 Å². The average Bonchev–Trinajstić information content (AvgIpc) is 3.64. The van der Waals surface area contributed by atoms with Crippen LogP contribution in [0.1, 0.15) is 62.8 Å². The maximum atomic E-state index is 12.4. The number of sulfonamides is 1. The number of carbonyl (C=O) groups excluding carboxylic acids is 1. The Balaban J connectivity index is 1.26. The molecule has 3 fully saturated rings. The van der Waals surface area contributed by atoms with Gasteiger partial charge in [-0.3, -0.25) is 4.79 Å². The number of hydrogen-bond donors (Lipinski definition) is 2. The minimum absolute atomic E-state index is 0.0254. The molecule has 2 N–H and O–H groups in total. The number of aldehydes is 1. The Morgan fingerprint density at radius 2 is 1.84 bits per heavy atom. The highest BCUT2D eigenvalue weighted by molar-refractivity contribution is 7.90. The fraction of sp³-hybridized carbons (Fsp3) is 0.696. The van der Waals surface area contributed by atoms with E-state index in [4.69, 9.17) is 9.47 Å². The van der Waals surface area contributed by atoms with Crippen molar-refractivity contribution in [1.29, 1.82) is 0 Å². The van der Waals surface area contributed by atoms with E-state index in [9.17, 15) is 13.2 Å². The van der Waals surface area contributed by atoms with Gasteiger partial charge in [0.1, 0.15) is 12.4 Å². The predicted molar refractivity (Wildman–Crippen MR) is 119 cm³/mol. The van der Waals surface area contributed by atoms with Gasteiger partial charge in [-0.2, -0.15) is 0 Å². The molecule has 0 amide bonds. The monoisotopic (exact) mass is 450 g/mol. The average molecular weight is 451 g/mol. The number of ether oxygens (including phenoxy) is 2. The van der Waals surface area contributed by atoms with Gasteiger partial charge in [0.2, 0.25) is 10.0 Å². The van der Waals surface area contributed by atoms with Crippen molar-refractivity contribution in [2.45, 2.75) is 80.7 Å². The molecule has 8 heteroatoms. The molecule has 7 nitrogen and oxygen atoms in total. The maximum absolute atomic E-state index is 12.4. The van der Waals surface area contributed by atoms with Gasteiger partial charge in [-0.05, 0) is 75.5 Å². The second-order valence-electron chi connectivity index (χ2n) is 8.99. The van der Waals surface area contributed by atoms with E-state index < -0.39 is 10.0 Å². The van der Waals surface area contributed by atoms with Crippen LogP contribution < -0.4 is 14.8 Å². The summed E-state index contributed by atoms with van der Waals surface area (Å²) in [6.45, 7) is 1.52. The molecule has 1 aromatic rings. The van der Waals surface area contributed by atoms with Gasteiger partial charge in [0.25, 0.3) is 0 Å². The highest BCUT2D eigenvalue weighted by Crippen LogP contribution is 2.38. The largest absolute Gasteiger partial charge is 0.486 e. The number of piperidine rings is 1. The van der Waals surface area contributed by atoms with Gasteiger partial charge in [-0.15, -0.1) is 0 Å². The zero-order chi connectivity index (χ0) is 21.7. The molecule has 1 saturated heterocycles. The van der Waals surface area contributed by atoms with Crippen molar-refractivity contribution in [3.05, 3.63) is 29.8 Å². The smallest absolute Gasteiger partial charge is 0.214 e. The first-order valence-electron chi connectivity index (χ1n) is 11.6. The molecular weight excluding hydrogens is 416 g/mol. The SMILES string of the molecule is O=CCOc1ccccc1C1CCC(OC[C@@H]2NCCC[C@@H]2NS(=O)(=O)C2CC2)CC1. The Labute approximate surface area is 185 Å². The molecule has 2 atom stereocenters. The van der Waals surface area contributed by atoms with Crippen LogP contribution in [-0.4, -0.2) is 57.9 Å². The van der Waals surface area contributed by atoms with Gasteiger partial charge >= 0.3 is 0 Å². The van der Waals surface area contributed by atoms with Gasteiger partial charge < -0.3 is 14.8 Å². The van der Waals surface area contributed by atoms with Crippen LogP contribution in [0, 0.1) is 0 Å². The quantitative estimate of drug-likeness (QED) is 0.532. The molecule has 0 spiro atoms. The molecule has 0 radical (unpaired) electrons. The minimum atomic E-state index is -3.19. The molecule has 3 aliphatic rings. The summed E-state index contributed by atoms with van der Waals surface area (Å²) in [5.74, 6) is 1.21. The van der Waals surface area contributed by atoms with Gasteiger partial charge in [-0.25, -0.2) is 13.1 Å². The normalized spacial score (nSPS) is 29.4. The van der Waals surface area contributed by atoms with Crippen LogP contribution in [-0.2, 0) is 19.6 Å². The third-order valence-corrected chi connectivity index (χ3v) is 8.69. The molecule has 31 heavy (non-hydrogen) atoms. The molecule has 4 rings (SSSR count). The zero-order valence-electron chi connectivity index (χ0n) is 18.0. The Morgan fingerprint density at radius 1 is 1.06 bits per heavy atom. The molecule has 2 aliphatic carbocycles. The van der Waals surface area contributed by atoms with Crippen molar-refractivity contribution >= 4 is 16.3 Å². The fourth-order valence-corrected chi connectivity index (χ4v) is 6.46. The minimum Gasteiger partial charge on any atom is -0.486 e. The van der Waals surface area contributed by atoms with Crippen LogP contribution in [0.15, 0.2) is 24.3 Å². The van der Waals surface area contributed by atoms with E-state index in [0.717, 1.165) is 69.9 Å². The second kappa shape index (κ2) is 10.4. The molecular formula is C23H34N2O5S. The number of benzene rings is 1. The zero-order valence-corrected chi connectivity index (χ0v) is 18.8. The van der Waals surface area contributed by atoms with Gasteiger partial charge in [0.15, 0.2) is 6.29 Å². The molecule has 1 aromatic carbocycles. The lowest BCUT2D eigenvalue weighted by molar-refractivity contribution is -0.109. The lowest BCUT2D eigenvalue weighted by Crippen LogP contribution is -2.56. The van der Waals surface area contributed by atoms with Crippen molar-refractivity contribution in [2.75, 3.05) is 19.8 Å². The number of rotatable bonds is 10. The first kappa shape index (κ1) is 22.7. The molecule has 1 heterocycles. The summed E-state index contributed by atoms with van der Waals surface area (Å²) in [7, 11) is -3.19. The Kier molecular flexibility index (Phi) is 7.63. The van der Waals surface area contributed by atoms with Crippen molar-refractivity contribution in [3.63, 3.8) is 0 Å². The van der Waals surface area contributed by atoms with E-state index in [1.807, 2.05) is 18.2 Å². The third-order valence-electron chi connectivity index (χ3n) is 6.71. The van der Waals surface area contributed by atoms with Crippen molar-refractivity contribution in [2.24, 2.45) is 0 Å². The van der Waals surface area contributed by atoms with Crippen LogP contribution in [0.5, 0.6) is 5.75 Å². The first-order chi connectivity index (χ1) is 15.1. The number of carbonyl (C=O) groups is 1. The predicted octanol–water partition coefficient (Wildman–Crippen LogP) is 2.51. The molecule has 0 bridgehead atoms. The van der Waals surface area contributed by atoms with E-state index in [2.05, 4.69) is 16.1 Å². The lowest BCUT2D eigenvalue weighted by atomic mass is 9.82. The number of nitrogens with one attached hydrogen (secondary N) is 2. The molecule has 2 saturated carbocycles. The Bertz CT molecular complexity index is 834. The van der Waals surface area contributed by atoms with Crippen molar-refractivity contribution in [3.8, 4) is 5.75 Å². The lowest BCUT2D eigenvalue weighted by Gasteiger charge is -2.35. The highest BCUT2D eigenvalue weighted by Gasteiger charge is 2.39. The summed E-state index contributed by atoms with van der Waals surface area (Å²) in [6, 6.07) is 7.91. The number of para-hydroxylation sites is 1. The Hall–Kier alpha value is -1.48. The van der Waals surface area contributed by atoms with E-state index in [-0.39, 0.29) is 30.0 Å². The van der Waals surface area contributed by atoms with Gasteiger partial charge in [0, 0.05) is 12.1 Å². The standard InChI is InChI=1S/C23H34N2O5S/c26-14-15-29-23-6-2-1-4-20(23)17-7-9-18(10-8-17)30-16-22-21(5-3-13-24-22)25-31(27,28)19-11-12-19/h1-2,4,6,14,17-19,21-22,24-25H,3,5,7-13,15-16H2/t17?,18?,21-,22-/m0/s1. The van der Waals surface area contributed by atoms with Crippen molar-refractivity contribution < 1.29 is 22.7 Å². The summed E-state index contributed by atoms with van der Waals surface area (Å²) in [5, 5.41) is 3.27. The van der Waals surface area contributed by atoms with E-state index in [1.54, 1.807) is 0 Å². The van der Waals surface area contributed by atoms with E-state index in [0.29, 0.717) is 12.5 Å². The topological polar surface area (TPSA) is 93.7 Å². The fourth-order valence-electron chi connectivity index (χ4n) is 4.81. The van der Waals surface area contributed by atoms with Crippen LogP contribution >= 0.6 is 0 Å². The summed E-state index contributed by atoms with van der Waals surface area (Å²) < 4.78 is 39.5. The second-order valence-corrected chi connectivity index (χ2v) is 11.0. The van der Waals surface area contributed by atoms with E-state index in [1.165, 1.54) is 5.56 Å². The van der Waals surface area contributed by atoms with Gasteiger partial charge in [0.05, 0.1) is 18.0 Å². The molecule has 1 aliphatic heterocycles. The van der Waals surface area contributed by atoms with Crippen LogP contribution in [0.3, 0.4) is 0 Å². The molecule has 172 valence electrons. The van der Waals surface area contributed by atoms with Crippen LogP contribution in [0.25, 0.3) is 0 Å². The third kappa shape index (κ3) is 6.06. The summed E-state index contributed by atoms with van der Waals surface area (Å²) in [4.78, 5) is 10.7. The summed E-state index contributed by atoms with van der Waals surface area (Å²) in [5.41, 5.74) is 1.17.